The molecule has 2 atom stereocenters. The summed E-state index contributed by atoms with van der Waals surface area (Å²) in [6, 6.07) is 4.78. The largest absolute Gasteiger partial charge is 0.153 e. The summed E-state index contributed by atoms with van der Waals surface area (Å²) in [6.07, 6.45) is 5.65. The van der Waals surface area contributed by atoms with E-state index in [1.165, 1.54) is 37.2 Å². The molecule has 0 bridgehead atoms. The Morgan fingerprint density at radius 1 is 0.867 bits per heavy atom. The van der Waals surface area contributed by atoms with Crippen molar-refractivity contribution in [2.24, 2.45) is 0 Å². The third-order valence-corrected chi connectivity index (χ3v) is 7.59. The van der Waals surface area contributed by atoms with Gasteiger partial charge in [0, 0.05) is 20.3 Å². The fourth-order valence-electron chi connectivity index (χ4n) is 2.32. The summed E-state index contributed by atoms with van der Waals surface area (Å²) in [4.78, 5) is 3.28. The zero-order chi connectivity index (χ0) is 10.1. The molecule has 2 aliphatic heterocycles. The molecule has 1 aromatic heterocycles. The molecule has 0 aliphatic carbocycles. The molecule has 82 valence electrons. The lowest BCUT2D eigenvalue weighted by atomic mass is 10.2. The average molecular weight is 256 g/mol. The maximum absolute atomic E-state index is 2.39. The van der Waals surface area contributed by atoms with Gasteiger partial charge in [0.05, 0.1) is 0 Å². The number of rotatable bonds is 2. The molecule has 2 saturated heterocycles. The van der Waals surface area contributed by atoms with Crippen molar-refractivity contribution in [1.82, 2.24) is 0 Å². The minimum absolute atomic E-state index is 0.829. The minimum atomic E-state index is 0.829. The van der Waals surface area contributed by atoms with Gasteiger partial charge in [0.25, 0.3) is 0 Å². The van der Waals surface area contributed by atoms with Gasteiger partial charge < -0.3 is 0 Å². The highest BCUT2D eigenvalue weighted by Crippen LogP contribution is 2.47. The van der Waals surface area contributed by atoms with Crippen LogP contribution in [0.4, 0.5) is 0 Å². The van der Waals surface area contributed by atoms with Crippen LogP contribution in [0.15, 0.2) is 12.1 Å². The summed E-state index contributed by atoms with van der Waals surface area (Å²) >= 11 is 6.40. The van der Waals surface area contributed by atoms with Crippen molar-refractivity contribution in [3.8, 4) is 0 Å². The number of hydrogen-bond donors (Lipinski definition) is 0. The fourth-order valence-corrected chi connectivity index (χ4v) is 6.45. The first-order chi connectivity index (χ1) is 7.43. The standard InChI is InChI=1S/C12H16S3/c1-3-9(13-7-1)11-5-6-12(15-11)10-4-2-8-14-10/h5-6,9-10H,1-4,7-8H2. The lowest BCUT2D eigenvalue weighted by Crippen LogP contribution is -1.82. The van der Waals surface area contributed by atoms with E-state index in [1.54, 1.807) is 9.75 Å². The maximum atomic E-state index is 2.39. The van der Waals surface area contributed by atoms with E-state index in [2.05, 4.69) is 47.0 Å². The Morgan fingerprint density at radius 2 is 1.40 bits per heavy atom. The Kier molecular flexibility index (Phi) is 3.32. The summed E-state index contributed by atoms with van der Waals surface area (Å²) in [7, 11) is 0. The summed E-state index contributed by atoms with van der Waals surface area (Å²) in [5.74, 6) is 2.74. The first kappa shape index (κ1) is 10.5. The molecule has 15 heavy (non-hydrogen) atoms. The monoisotopic (exact) mass is 256 g/mol. The summed E-state index contributed by atoms with van der Waals surface area (Å²) in [6.45, 7) is 0. The van der Waals surface area contributed by atoms with Gasteiger partial charge in [0.2, 0.25) is 0 Å². The molecule has 0 radical (unpaired) electrons. The second kappa shape index (κ2) is 4.72. The molecular formula is C12H16S3. The average Bonchev–Trinajstić information content (AvgIpc) is 3.02. The van der Waals surface area contributed by atoms with E-state index in [1.807, 2.05) is 0 Å². The van der Waals surface area contributed by atoms with Crippen molar-refractivity contribution in [3.63, 3.8) is 0 Å². The molecule has 2 unspecified atom stereocenters. The Morgan fingerprint density at radius 3 is 1.80 bits per heavy atom. The highest BCUT2D eigenvalue weighted by molar-refractivity contribution is 8.00. The first-order valence-electron chi connectivity index (χ1n) is 5.76. The van der Waals surface area contributed by atoms with Crippen LogP contribution in [0.5, 0.6) is 0 Å². The van der Waals surface area contributed by atoms with E-state index in [0.717, 1.165) is 10.5 Å². The van der Waals surface area contributed by atoms with Gasteiger partial charge in [-0.2, -0.15) is 23.5 Å². The Balaban J connectivity index is 1.74. The number of thioether (sulfide) groups is 2. The van der Waals surface area contributed by atoms with Crippen LogP contribution in [0.25, 0.3) is 0 Å². The minimum Gasteiger partial charge on any atom is -0.153 e. The number of thiophene rings is 1. The molecular weight excluding hydrogens is 240 g/mol. The SMILES string of the molecule is c1cc(C2CCCS2)sc1C1CCCS1. The van der Waals surface area contributed by atoms with Crippen LogP contribution in [0, 0.1) is 0 Å². The smallest absolute Gasteiger partial charge is 0.0391 e. The molecule has 1 aromatic rings. The Bertz CT molecular complexity index is 289. The molecule has 0 spiro atoms. The quantitative estimate of drug-likeness (QED) is 0.739. The lowest BCUT2D eigenvalue weighted by Gasteiger charge is -2.06. The van der Waals surface area contributed by atoms with Gasteiger partial charge >= 0.3 is 0 Å². The highest BCUT2D eigenvalue weighted by atomic mass is 32.2. The van der Waals surface area contributed by atoms with Crippen molar-refractivity contribution in [1.29, 1.82) is 0 Å². The van der Waals surface area contributed by atoms with Gasteiger partial charge in [0.1, 0.15) is 0 Å². The molecule has 0 saturated carbocycles. The second-order valence-corrected chi connectivity index (χ2v) is 8.01. The fraction of sp³-hybridized carbons (Fsp3) is 0.667. The van der Waals surface area contributed by atoms with Gasteiger partial charge in [-0.05, 0) is 49.3 Å². The molecule has 3 heterocycles. The summed E-state index contributed by atoms with van der Waals surface area (Å²) < 4.78 is 0. The van der Waals surface area contributed by atoms with Crippen LogP contribution in [0.2, 0.25) is 0 Å². The molecule has 0 amide bonds. The van der Waals surface area contributed by atoms with Crippen molar-refractivity contribution < 1.29 is 0 Å². The van der Waals surface area contributed by atoms with Crippen LogP contribution < -0.4 is 0 Å². The van der Waals surface area contributed by atoms with Crippen LogP contribution in [0.1, 0.15) is 45.9 Å². The molecule has 0 N–H and O–H groups in total. The van der Waals surface area contributed by atoms with E-state index in [4.69, 9.17) is 0 Å². The van der Waals surface area contributed by atoms with Gasteiger partial charge in [-0.1, -0.05) is 0 Å². The second-order valence-electron chi connectivity index (χ2n) is 4.24. The molecule has 0 aromatic carbocycles. The van der Waals surface area contributed by atoms with Gasteiger partial charge in [0.15, 0.2) is 0 Å². The lowest BCUT2D eigenvalue weighted by molar-refractivity contribution is 0.839. The van der Waals surface area contributed by atoms with Crippen LogP contribution in [-0.4, -0.2) is 11.5 Å². The van der Waals surface area contributed by atoms with Crippen molar-refractivity contribution in [2.75, 3.05) is 11.5 Å². The van der Waals surface area contributed by atoms with Crippen LogP contribution in [-0.2, 0) is 0 Å². The topological polar surface area (TPSA) is 0 Å². The van der Waals surface area contributed by atoms with Crippen molar-refractivity contribution in [3.05, 3.63) is 21.9 Å². The third kappa shape index (κ3) is 2.25. The highest BCUT2D eigenvalue weighted by Gasteiger charge is 2.23. The van der Waals surface area contributed by atoms with E-state index in [-0.39, 0.29) is 0 Å². The normalized spacial score (nSPS) is 31.2. The molecule has 2 fully saturated rings. The molecule has 3 heteroatoms. The molecule has 3 rings (SSSR count). The van der Waals surface area contributed by atoms with E-state index in [0.29, 0.717) is 0 Å². The van der Waals surface area contributed by atoms with E-state index >= 15 is 0 Å². The third-order valence-electron chi connectivity index (χ3n) is 3.14. The van der Waals surface area contributed by atoms with E-state index < -0.39 is 0 Å². The molecule has 0 nitrogen and oxygen atoms in total. The van der Waals surface area contributed by atoms with Gasteiger partial charge in [-0.25, -0.2) is 0 Å². The van der Waals surface area contributed by atoms with Gasteiger partial charge in [-0.15, -0.1) is 11.3 Å². The zero-order valence-corrected chi connectivity index (χ0v) is 11.2. The first-order valence-corrected chi connectivity index (χ1v) is 8.68. The summed E-state index contributed by atoms with van der Waals surface area (Å²) in [5.41, 5.74) is 0. The van der Waals surface area contributed by atoms with Crippen LogP contribution >= 0.6 is 34.9 Å². The number of hydrogen-bond acceptors (Lipinski definition) is 3. The van der Waals surface area contributed by atoms with Gasteiger partial charge in [-0.3, -0.25) is 0 Å². The van der Waals surface area contributed by atoms with E-state index in [9.17, 15) is 0 Å². The molecule has 2 aliphatic rings. The van der Waals surface area contributed by atoms with Crippen molar-refractivity contribution in [2.45, 2.75) is 36.2 Å². The zero-order valence-electron chi connectivity index (χ0n) is 8.78. The summed E-state index contributed by atoms with van der Waals surface area (Å²) in [5, 5.41) is 1.66. The Labute approximate surface area is 104 Å². The predicted molar refractivity (Wildman–Crippen MR) is 73.2 cm³/mol. The van der Waals surface area contributed by atoms with Crippen molar-refractivity contribution >= 4 is 34.9 Å². The van der Waals surface area contributed by atoms with Crippen LogP contribution in [0.3, 0.4) is 0 Å². The Hall–Kier alpha value is 0.400. The predicted octanol–water partition coefficient (Wildman–Crippen LogP) is 4.88. The maximum Gasteiger partial charge on any atom is 0.0391 e.